The highest BCUT2D eigenvalue weighted by Gasteiger charge is 2.10. The molecule has 0 bridgehead atoms. The number of hydrogen-bond acceptors (Lipinski definition) is 3. The van der Waals surface area contributed by atoms with E-state index >= 15 is 0 Å². The molecule has 5 heteroatoms. The van der Waals surface area contributed by atoms with Gasteiger partial charge in [-0.05, 0) is 28.1 Å². The van der Waals surface area contributed by atoms with Crippen LogP contribution in [-0.4, -0.2) is 16.9 Å². The summed E-state index contributed by atoms with van der Waals surface area (Å²) in [6.07, 6.45) is 2.03. The molecule has 1 rings (SSSR count). The van der Waals surface area contributed by atoms with Gasteiger partial charge in [-0.15, -0.1) is 0 Å². The van der Waals surface area contributed by atoms with Crippen molar-refractivity contribution in [2.45, 2.75) is 12.5 Å². The Morgan fingerprint density at radius 3 is 2.77 bits per heavy atom. The van der Waals surface area contributed by atoms with Crippen LogP contribution >= 0.6 is 15.9 Å². The van der Waals surface area contributed by atoms with Crippen molar-refractivity contribution < 1.29 is 4.79 Å². The molecule has 4 N–H and O–H groups in total. The highest BCUT2D eigenvalue weighted by Crippen LogP contribution is 2.08. The normalized spacial score (nSPS) is 12.5. The molecular formula is C8H10BrN3O. The van der Waals surface area contributed by atoms with Gasteiger partial charge in [0.25, 0.3) is 0 Å². The summed E-state index contributed by atoms with van der Waals surface area (Å²) in [5.74, 6) is -0.510. The largest absolute Gasteiger partial charge is 0.368 e. The van der Waals surface area contributed by atoms with Crippen LogP contribution in [0.15, 0.2) is 22.8 Å². The highest BCUT2D eigenvalue weighted by atomic mass is 79.9. The molecule has 1 aromatic rings. The Bertz CT molecular complexity index is 299. The van der Waals surface area contributed by atoms with E-state index in [2.05, 4.69) is 20.9 Å². The van der Waals surface area contributed by atoms with Crippen LogP contribution in [0, 0.1) is 0 Å². The van der Waals surface area contributed by atoms with Crippen LogP contribution in [0.1, 0.15) is 5.69 Å². The third kappa shape index (κ3) is 3.12. The van der Waals surface area contributed by atoms with Crippen LogP contribution in [0.4, 0.5) is 0 Å². The van der Waals surface area contributed by atoms with Crippen molar-refractivity contribution in [3.8, 4) is 0 Å². The molecule has 0 spiro atoms. The van der Waals surface area contributed by atoms with Crippen LogP contribution in [0.3, 0.4) is 0 Å². The van der Waals surface area contributed by atoms with Crippen LogP contribution in [0.2, 0.25) is 0 Å². The molecule has 0 radical (unpaired) electrons. The molecule has 70 valence electrons. The zero-order valence-electron chi connectivity index (χ0n) is 6.90. The predicted molar refractivity (Wildman–Crippen MR) is 52.8 cm³/mol. The van der Waals surface area contributed by atoms with Crippen LogP contribution < -0.4 is 11.5 Å². The molecule has 0 aromatic carbocycles. The zero-order chi connectivity index (χ0) is 9.84. The molecule has 0 aliphatic rings. The molecule has 1 atom stereocenters. The fraction of sp³-hybridized carbons (Fsp3) is 0.250. The molecule has 0 fully saturated rings. The predicted octanol–water partition coefficient (Wildman–Crippen LogP) is 0.199. The summed E-state index contributed by atoms with van der Waals surface area (Å²) in [5, 5.41) is 0. The summed E-state index contributed by atoms with van der Waals surface area (Å²) in [5.41, 5.74) is 11.2. The van der Waals surface area contributed by atoms with Crippen LogP contribution in [0.25, 0.3) is 0 Å². The maximum Gasteiger partial charge on any atom is 0.234 e. The van der Waals surface area contributed by atoms with Crippen LogP contribution in [-0.2, 0) is 11.2 Å². The average molecular weight is 244 g/mol. The van der Waals surface area contributed by atoms with E-state index in [4.69, 9.17) is 11.5 Å². The van der Waals surface area contributed by atoms with Gasteiger partial charge in [-0.1, -0.05) is 0 Å². The molecule has 0 aliphatic heterocycles. The molecule has 0 unspecified atom stereocenters. The maximum atomic E-state index is 10.6. The molecule has 0 saturated heterocycles. The zero-order valence-corrected chi connectivity index (χ0v) is 8.49. The first-order valence-electron chi connectivity index (χ1n) is 3.75. The molecule has 4 nitrogen and oxygen atoms in total. The van der Waals surface area contributed by atoms with E-state index in [1.165, 1.54) is 0 Å². The SMILES string of the molecule is NC(=O)[C@@H](N)Cc1ccc(Br)cn1. The number of primary amides is 1. The lowest BCUT2D eigenvalue weighted by Gasteiger charge is -2.05. The summed E-state index contributed by atoms with van der Waals surface area (Å²) in [6.45, 7) is 0. The van der Waals surface area contributed by atoms with Gasteiger partial charge < -0.3 is 11.5 Å². The van der Waals surface area contributed by atoms with Gasteiger partial charge in [0, 0.05) is 22.8 Å². The Morgan fingerprint density at radius 2 is 2.31 bits per heavy atom. The van der Waals surface area contributed by atoms with Gasteiger partial charge in [-0.25, -0.2) is 0 Å². The number of hydrogen-bond donors (Lipinski definition) is 2. The van der Waals surface area contributed by atoms with Crippen molar-refractivity contribution in [1.82, 2.24) is 4.98 Å². The van der Waals surface area contributed by atoms with Gasteiger partial charge >= 0.3 is 0 Å². The van der Waals surface area contributed by atoms with E-state index in [1.54, 1.807) is 12.3 Å². The molecule has 13 heavy (non-hydrogen) atoms. The number of halogens is 1. The first kappa shape index (κ1) is 10.1. The maximum absolute atomic E-state index is 10.6. The quantitative estimate of drug-likeness (QED) is 0.796. The number of aromatic nitrogens is 1. The Hall–Kier alpha value is -0.940. The number of rotatable bonds is 3. The first-order valence-corrected chi connectivity index (χ1v) is 4.54. The lowest BCUT2D eigenvalue weighted by molar-refractivity contribution is -0.119. The van der Waals surface area contributed by atoms with Crippen molar-refractivity contribution in [2.75, 3.05) is 0 Å². The van der Waals surface area contributed by atoms with Crippen molar-refractivity contribution in [3.63, 3.8) is 0 Å². The summed E-state index contributed by atoms with van der Waals surface area (Å²) < 4.78 is 0.892. The number of pyridine rings is 1. The topological polar surface area (TPSA) is 82.0 Å². The van der Waals surface area contributed by atoms with Gasteiger partial charge in [0.2, 0.25) is 5.91 Å². The minimum atomic E-state index is -0.659. The molecule has 0 aliphatic carbocycles. The Labute approximate surface area is 84.5 Å². The second kappa shape index (κ2) is 4.34. The van der Waals surface area contributed by atoms with Crippen molar-refractivity contribution >= 4 is 21.8 Å². The van der Waals surface area contributed by atoms with Gasteiger partial charge in [0.15, 0.2) is 0 Å². The first-order chi connectivity index (χ1) is 6.09. The molecule has 1 amide bonds. The van der Waals surface area contributed by atoms with E-state index in [0.717, 1.165) is 10.2 Å². The summed E-state index contributed by atoms with van der Waals surface area (Å²) in [6, 6.07) is 2.98. The average Bonchev–Trinajstić information content (AvgIpc) is 2.08. The third-order valence-electron chi connectivity index (χ3n) is 1.58. The van der Waals surface area contributed by atoms with Crippen molar-refractivity contribution in [3.05, 3.63) is 28.5 Å². The van der Waals surface area contributed by atoms with Gasteiger partial charge in [0.1, 0.15) is 0 Å². The summed E-state index contributed by atoms with van der Waals surface area (Å²) in [4.78, 5) is 14.7. The van der Waals surface area contributed by atoms with Gasteiger partial charge in [0.05, 0.1) is 6.04 Å². The van der Waals surface area contributed by atoms with Crippen molar-refractivity contribution in [1.29, 1.82) is 0 Å². The fourth-order valence-electron chi connectivity index (χ4n) is 0.853. The number of carbonyl (C=O) groups excluding carboxylic acids is 1. The van der Waals surface area contributed by atoms with Gasteiger partial charge in [-0.2, -0.15) is 0 Å². The second-order valence-electron chi connectivity index (χ2n) is 2.68. The van der Waals surface area contributed by atoms with E-state index in [9.17, 15) is 4.79 Å². The number of nitrogens with two attached hydrogens (primary N) is 2. The monoisotopic (exact) mass is 243 g/mol. The lowest BCUT2D eigenvalue weighted by atomic mass is 10.1. The fourth-order valence-corrected chi connectivity index (χ4v) is 1.09. The number of carbonyl (C=O) groups is 1. The number of nitrogens with zero attached hydrogens (tertiary/aromatic N) is 1. The minimum Gasteiger partial charge on any atom is -0.368 e. The van der Waals surface area contributed by atoms with E-state index in [-0.39, 0.29) is 0 Å². The molecular weight excluding hydrogens is 234 g/mol. The number of amides is 1. The minimum absolute atomic E-state index is 0.378. The molecule has 1 heterocycles. The van der Waals surface area contributed by atoms with Crippen molar-refractivity contribution in [2.24, 2.45) is 11.5 Å². The smallest absolute Gasteiger partial charge is 0.234 e. The third-order valence-corrected chi connectivity index (χ3v) is 2.05. The molecule has 0 saturated carbocycles. The highest BCUT2D eigenvalue weighted by molar-refractivity contribution is 9.10. The standard InChI is InChI=1S/C8H10BrN3O/c9-5-1-2-6(12-4-5)3-7(10)8(11)13/h1-2,4,7H,3,10H2,(H2,11,13)/t7-/m0/s1. The Morgan fingerprint density at radius 1 is 1.62 bits per heavy atom. The van der Waals surface area contributed by atoms with Gasteiger partial charge in [-0.3, -0.25) is 9.78 Å². The Balaban J connectivity index is 2.64. The van der Waals surface area contributed by atoms with Crippen LogP contribution in [0.5, 0.6) is 0 Å². The molecule has 1 aromatic heterocycles. The lowest BCUT2D eigenvalue weighted by Crippen LogP contribution is -2.38. The summed E-state index contributed by atoms with van der Waals surface area (Å²) in [7, 11) is 0. The second-order valence-corrected chi connectivity index (χ2v) is 3.60. The summed E-state index contributed by atoms with van der Waals surface area (Å²) >= 11 is 3.26. The van der Waals surface area contributed by atoms with E-state index in [0.29, 0.717) is 6.42 Å². The van der Waals surface area contributed by atoms with E-state index in [1.807, 2.05) is 6.07 Å². The van der Waals surface area contributed by atoms with E-state index < -0.39 is 11.9 Å². The Kier molecular flexibility index (Phi) is 3.39.